The van der Waals surface area contributed by atoms with Crippen LogP contribution in [-0.4, -0.2) is 75.1 Å². The molecule has 13 nitrogen and oxygen atoms in total. The molecule has 2 atom stereocenters. The quantitative estimate of drug-likeness (QED) is 0.290. The number of benzene rings is 1. The maximum Gasteiger partial charge on any atom is 0.257 e. The lowest BCUT2D eigenvalue weighted by Gasteiger charge is -2.45. The fourth-order valence-electron chi connectivity index (χ4n) is 4.83. The molecule has 1 aliphatic heterocycles. The molecule has 42 heavy (non-hydrogen) atoms. The molecule has 16 heteroatoms. The number of thiophene rings is 1. The monoisotopic (exact) mass is 629 g/mol. The predicted octanol–water partition coefficient (Wildman–Crippen LogP) is 1.13. The molecule has 0 radical (unpaired) electrons. The van der Waals surface area contributed by atoms with Crippen LogP contribution in [0.25, 0.3) is 16.0 Å². The van der Waals surface area contributed by atoms with E-state index in [0.717, 1.165) is 15.6 Å². The number of halogens is 1. The van der Waals surface area contributed by atoms with Crippen molar-refractivity contribution in [2.24, 2.45) is 11.5 Å². The Balaban J connectivity index is 1.48. The van der Waals surface area contributed by atoms with E-state index in [2.05, 4.69) is 9.97 Å². The van der Waals surface area contributed by atoms with Crippen molar-refractivity contribution >= 4 is 60.8 Å². The second kappa shape index (κ2) is 11.6. The Kier molecular flexibility index (Phi) is 8.10. The summed E-state index contributed by atoms with van der Waals surface area (Å²) in [5, 5.41) is 1.14. The van der Waals surface area contributed by atoms with Gasteiger partial charge in [0.2, 0.25) is 17.8 Å². The maximum absolute atomic E-state index is 13.8. The third kappa shape index (κ3) is 6.04. The number of nitrogens with zero attached hydrogens (tertiary/aromatic N) is 5. The molecule has 4 N–H and O–H groups in total. The highest BCUT2D eigenvalue weighted by molar-refractivity contribution is 7.91. The van der Waals surface area contributed by atoms with Crippen LogP contribution in [0.15, 0.2) is 70.2 Å². The topological polar surface area (TPSA) is 192 Å². The molecule has 3 amide bonds. The smallest absolute Gasteiger partial charge is 0.257 e. The zero-order chi connectivity index (χ0) is 30.2. The molecule has 4 aromatic rings. The van der Waals surface area contributed by atoms with E-state index >= 15 is 0 Å². The van der Waals surface area contributed by atoms with Crippen LogP contribution in [0.5, 0.6) is 0 Å². The average molecular weight is 630 g/mol. The Morgan fingerprint density at radius 1 is 0.952 bits per heavy atom. The Hall–Kier alpha value is -4.18. The van der Waals surface area contributed by atoms with Crippen LogP contribution in [-0.2, 0) is 19.6 Å². The third-order valence-corrected chi connectivity index (χ3v) is 10.3. The fraction of sp³-hybridized carbons (Fsp3) is 0.231. The summed E-state index contributed by atoms with van der Waals surface area (Å²) in [5.41, 5.74) is 10.8. The number of hydrogen-bond donors (Lipinski definition) is 2. The number of pyridine rings is 1. The van der Waals surface area contributed by atoms with Crippen molar-refractivity contribution in [1.82, 2.24) is 23.7 Å². The van der Waals surface area contributed by atoms with Gasteiger partial charge in [-0.3, -0.25) is 23.7 Å². The van der Waals surface area contributed by atoms with Gasteiger partial charge in [-0.2, -0.15) is 4.31 Å². The van der Waals surface area contributed by atoms with Gasteiger partial charge in [0.15, 0.2) is 5.43 Å². The molecule has 1 aliphatic rings. The SMILES string of the molecule is NC(=O)CC1CN(S(=O)(=O)c2cc3ccc(Cl)cc3s2)CC(CC(N)=O)N1C(=O)c1cnc(-n2ccc(=O)cc2)nc1. The highest BCUT2D eigenvalue weighted by Crippen LogP contribution is 2.35. The van der Waals surface area contributed by atoms with E-state index in [0.29, 0.717) is 15.1 Å². The standard InChI is InChI=1S/C26H24ClN7O6S2/c27-17-2-1-15-7-24(41-21(15)8-17)42(39,40)33-13-18(9-22(28)36)34(19(14-33)10-23(29)37)25(38)16-11-30-26(31-12-16)32-5-3-20(35)4-6-32/h1-8,11-12,18-19H,9-10,13-14H2,(H2,28,36)(H2,29,37). The first kappa shape index (κ1) is 29.3. The molecule has 0 bridgehead atoms. The number of piperazine rings is 1. The Morgan fingerprint density at radius 3 is 2.12 bits per heavy atom. The molecular weight excluding hydrogens is 606 g/mol. The first-order chi connectivity index (χ1) is 19.9. The number of aromatic nitrogens is 3. The Morgan fingerprint density at radius 2 is 1.55 bits per heavy atom. The molecule has 1 fully saturated rings. The molecule has 0 saturated carbocycles. The van der Waals surface area contributed by atoms with Crippen molar-refractivity contribution < 1.29 is 22.8 Å². The number of primary amides is 2. The van der Waals surface area contributed by atoms with Gasteiger partial charge in [0, 0.05) is 72.6 Å². The fourth-order valence-corrected chi connectivity index (χ4v) is 8.18. The molecule has 1 saturated heterocycles. The summed E-state index contributed by atoms with van der Waals surface area (Å²) in [5.74, 6) is -1.98. The normalized spacial score (nSPS) is 17.8. The number of amides is 3. The number of sulfonamides is 1. The Bertz CT molecular complexity index is 1810. The van der Waals surface area contributed by atoms with E-state index in [-0.39, 0.29) is 47.1 Å². The van der Waals surface area contributed by atoms with Gasteiger partial charge in [0.05, 0.1) is 17.6 Å². The summed E-state index contributed by atoms with van der Waals surface area (Å²) >= 11 is 7.10. The molecule has 3 aromatic heterocycles. The first-order valence-electron chi connectivity index (χ1n) is 12.5. The minimum absolute atomic E-state index is 0.0291. The van der Waals surface area contributed by atoms with Crippen LogP contribution in [0.4, 0.5) is 0 Å². The lowest BCUT2D eigenvalue weighted by atomic mass is 10.0. The van der Waals surface area contributed by atoms with Crippen molar-refractivity contribution in [2.45, 2.75) is 29.1 Å². The molecule has 2 unspecified atom stereocenters. The lowest BCUT2D eigenvalue weighted by Crippen LogP contribution is -2.62. The van der Waals surface area contributed by atoms with Gasteiger partial charge in [-0.05, 0) is 23.6 Å². The van der Waals surface area contributed by atoms with E-state index < -0.39 is 39.8 Å². The summed E-state index contributed by atoms with van der Waals surface area (Å²) in [4.78, 5) is 58.9. The highest BCUT2D eigenvalue weighted by atomic mass is 35.5. The van der Waals surface area contributed by atoms with E-state index in [1.54, 1.807) is 18.2 Å². The highest BCUT2D eigenvalue weighted by Gasteiger charge is 2.43. The zero-order valence-corrected chi connectivity index (χ0v) is 24.2. The van der Waals surface area contributed by atoms with Crippen molar-refractivity contribution in [1.29, 1.82) is 0 Å². The van der Waals surface area contributed by atoms with Gasteiger partial charge in [0.25, 0.3) is 15.9 Å². The number of carbonyl (C=O) groups excluding carboxylic acids is 3. The zero-order valence-electron chi connectivity index (χ0n) is 21.8. The summed E-state index contributed by atoms with van der Waals surface area (Å²) in [7, 11) is -4.11. The summed E-state index contributed by atoms with van der Waals surface area (Å²) < 4.78 is 30.9. The minimum Gasteiger partial charge on any atom is -0.370 e. The van der Waals surface area contributed by atoms with E-state index in [1.807, 2.05) is 0 Å². The first-order valence-corrected chi connectivity index (χ1v) is 15.1. The second-order valence-corrected chi connectivity index (χ2v) is 13.3. The summed E-state index contributed by atoms with van der Waals surface area (Å²) in [6.07, 6.45) is 4.72. The van der Waals surface area contributed by atoms with Crippen LogP contribution in [0.1, 0.15) is 23.2 Å². The van der Waals surface area contributed by atoms with Crippen LogP contribution >= 0.6 is 22.9 Å². The van der Waals surface area contributed by atoms with Gasteiger partial charge in [-0.15, -0.1) is 11.3 Å². The number of carbonyl (C=O) groups is 3. The maximum atomic E-state index is 13.8. The van der Waals surface area contributed by atoms with Crippen molar-refractivity contribution in [3.05, 3.63) is 82.0 Å². The third-order valence-electron chi connectivity index (χ3n) is 6.69. The van der Waals surface area contributed by atoms with E-state index in [1.165, 1.54) is 52.5 Å². The van der Waals surface area contributed by atoms with E-state index in [9.17, 15) is 27.6 Å². The second-order valence-electron chi connectivity index (χ2n) is 9.64. The number of rotatable bonds is 8. The molecule has 5 rings (SSSR count). The number of hydrogen-bond acceptors (Lipinski definition) is 9. The number of fused-ring (bicyclic) bond motifs is 1. The summed E-state index contributed by atoms with van der Waals surface area (Å²) in [6, 6.07) is 7.18. The molecule has 4 heterocycles. The predicted molar refractivity (Wildman–Crippen MR) is 155 cm³/mol. The van der Waals surface area contributed by atoms with Gasteiger partial charge in [-0.1, -0.05) is 17.7 Å². The van der Waals surface area contributed by atoms with Crippen LogP contribution < -0.4 is 16.9 Å². The Labute approximate surface area is 248 Å². The average Bonchev–Trinajstić information content (AvgIpc) is 3.37. The van der Waals surface area contributed by atoms with E-state index in [4.69, 9.17) is 23.1 Å². The molecular formula is C26H24ClN7O6S2. The van der Waals surface area contributed by atoms with Crippen LogP contribution in [0, 0.1) is 0 Å². The van der Waals surface area contributed by atoms with Crippen molar-refractivity contribution in [3.8, 4) is 5.95 Å². The summed E-state index contributed by atoms with van der Waals surface area (Å²) in [6.45, 7) is -0.505. The lowest BCUT2D eigenvalue weighted by molar-refractivity contribution is -0.120. The molecule has 0 aliphatic carbocycles. The van der Waals surface area contributed by atoms with Gasteiger partial charge in [0.1, 0.15) is 4.21 Å². The number of nitrogens with two attached hydrogens (primary N) is 2. The minimum atomic E-state index is -4.11. The van der Waals surface area contributed by atoms with Crippen molar-refractivity contribution in [3.63, 3.8) is 0 Å². The van der Waals surface area contributed by atoms with Crippen LogP contribution in [0.2, 0.25) is 5.02 Å². The van der Waals surface area contributed by atoms with Gasteiger partial charge >= 0.3 is 0 Å². The molecule has 0 spiro atoms. The van der Waals surface area contributed by atoms with Gasteiger partial charge in [-0.25, -0.2) is 18.4 Å². The molecule has 1 aromatic carbocycles. The largest absolute Gasteiger partial charge is 0.370 e. The molecule has 218 valence electrons. The van der Waals surface area contributed by atoms with Crippen molar-refractivity contribution in [2.75, 3.05) is 13.1 Å². The van der Waals surface area contributed by atoms with Crippen LogP contribution in [0.3, 0.4) is 0 Å². The van der Waals surface area contributed by atoms with Gasteiger partial charge < -0.3 is 16.4 Å².